The molecule has 2 aromatic carbocycles. The average Bonchev–Trinajstić information content (AvgIpc) is 2.69. The largest absolute Gasteiger partial charge is 0.378 e. The number of unbranched alkanes of at least 4 members (excludes halogenated alkanes) is 1. The lowest BCUT2D eigenvalue weighted by molar-refractivity contribution is 0.173. The van der Waals surface area contributed by atoms with E-state index in [1.807, 2.05) is 19.1 Å². The van der Waals surface area contributed by atoms with Crippen LogP contribution in [0.5, 0.6) is 0 Å². The first-order chi connectivity index (χ1) is 14.0. The third-order valence-electron chi connectivity index (χ3n) is 5.69. The van der Waals surface area contributed by atoms with Crippen LogP contribution in [0.1, 0.15) is 57.2 Å². The van der Waals surface area contributed by atoms with Crippen molar-refractivity contribution in [1.82, 2.24) is 0 Å². The molecular weight excluding hydrogens is 356 g/mol. The number of hydrogen-bond donors (Lipinski definition) is 2. The van der Waals surface area contributed by atoms with E-state index in [2.05, 4.69) is 79.2 Å². The zero-order valence-electron chi connectivity index (χ0n) is 17.9. The molecule has 1 aliphatic rings. The van der Waals surface area contributed by atoms with Gasteiger partial charge >= 0.3 is 0 Å². The van der Waals surface area contributed by atoms with Crippen molar-refractivity contribution in [3.05, 3.63) is 84.0 Å². The summed E-state index contributed by atoms with van der Waals surface area (Å²) in [5.74, 6) is 0. The Labute approximate surface area is 175 Å². The van der Waals surface area contributed by atoms with Crippen LogP contribution in [0.15, 0.2) is 72.8 Å². The van der Waals surface area contributed by atoms with Gasteiger partial charge in [-0.05, 0) is 75.8 Å². The van der Waals surface area contributed by atoms with Gasteiger partial charge in [-0.3, -0.25) is 0 Å². The Morgan fingerprint density at radius 2 is 1.93 bits per heavy atom. The summed E-state index contributed by atoms with van der Waals surface area (Å²) in [5, 5.41) is 14.0. The fourth-order valence-electron chi connectivity index (χ4n) is 4.30. The second kappa shape index (κ2) is 9.80. The molecule has 3 nitrogen and oxygen atoms in total. The standard InChI is InChI=1S/C26H34N2O/c1-5-6-7-10-19(2)17-22-13-15-23(16-14-22)27-25-18-20(3)28(21(4)29)26-12-9-8-11-24(25)26/h5,8-16,20-21,25,27,29H,1,6-7,17-18H2,2-4H3/b19-10+. The van der Waals surface area contributed by atoms with E-state index in [4.69, 9.17) is 0 Å². The van der Waals surface area contributed by atoms with Crippen LogP contribution < -0.4 is 10.2 Å². The molecule has 0 aromatic heterocycles. The van der Waals surface area contributed by atoms with Crippen LogP contribution in [-0.2, 0) is 6.42 Å². The van der Waals surface area contributed by atoms with Gasteiger partial charge < -0.3 is 15.3 Å². The lowest BCUT2D eigenvalue weighted by Crippen LogP contribution is -2.45. The number of nitrogens with zero attached hydrogens (tertiary/aromatic N) is 1. The first-order valence-electron chi connectivity index (χ1n) is 10.7. The molecule has 0 amide bonds. The van der Waals surface area contributed by atoms with Gasteiger partial charge in [-0.1, -0.05) is 48.1 Å². The molecule has 2 N–H and O–H groups in total. The van der Waals surface area contributed by atoms with Crippen molar-refractivity contribution in [3.8, 4) is 0 Å². The molecule has 3 unspecified atom stereocenters. The fraction of sp³-hybridized carbons (Fsp3) is 0.385. The Bertz CT molecular complexity index is 838. The van der Waals surface area contributed by atoms with Crippen molar-refractivity contribution in [3.63, 3.8) is 0 Å². The number of hydrogen-bond acceptors (Lipinski definition) is 3. The highest BCUT2D eigenvalue weighted by Gasteiger charge is 2.31. The first-order valence-corrected chi connectivity index (χ1v) is 10.7. The molecule has 29 heavy (non-hydrogen) atoms. The lowest BCUT2D eigenvalue weighted by atomic mass is 9.91. The smallest absolute Gasteiger partial charge is 0.124 e. The van der Waals surface area contributed by atoms with Crippen LogP contribution in [0.4, 0.5) is 11.4 Å². The molecular formula is C26H34N2O. The lowest BCUT2D eigenvalue weighted by Gasteiger charge is -2.42. The second-order valence-electron chi connectivity index (χ2n) is 8.17. The number of allylic oxidation sites excluding steroid dienone is 3. The molecule has 0 radical (unpaired) electrons. The maximum atomic E-state index is 10.2. The van der Waals surface area contributed by atoms with Crippen molar-refractivity contribution < 1.29 is 5.11 Å². The van der Waals surface area contributed by atoms with Crippen LogP contribution in [0.3, 0.4) is 0 Å². The number of fused-ring (bicyclic) bond motifs is 1. The normalized spacial score (nSPS) is 20.1. The molecule has 2 aromatic rings. The van der Waals surface area contributed by atoms with Gasteiger partial charge in [0.1, 0.15) is 6.23 Å². The number of rotatable bonds is 8. The van der Waals surface area contributed by atoms with E-state index in [0.29, 0.717) is 0 Å². The Balaban J connectivity index is 1.71. The maximum absolute atomic E-state index is 10.2. The van der Waals surface area contributed by atoms with Gasteiger partial charge in [0.05, 0.1) is 6.04 Å². The molecule has 0 saturated carbocycles. The van der Waals surface area contributed by atoms with Gasteiger partial charge in [-0.2, -0.15) is 0 Å². The summed E-state index contributed by atoms with van der Waals surface area (Å²) in [5.41, 5.74) is 6.24. The van der Waals surface area contributed by atoms with Crippen LogP contribution in [0, 0.1) is 0 Å². The monoisotopic (exact) mass is 390 g/mol. The highest BCUT2D eigenvalue weighted by atomic mass is 16.3. The zero-order valence-corrected chi connectivity index (χ0v) is 17.9. The minimum Gasteiger partial charge on any atom is -0.378 e. The van der Waals surface area contributed by atoms with Gasteiger partial charge in [-0.15, -0.1) is 6.58 Å². The minimum atomic E-state index is -0.492. The molecule has 3 heteroatoms. The van der Waals surface area contributed by atoms with E-state index >= 15 is 0 Å². The van der Waals surface area contributed by atoms with Gasteiger partial charge in [-0.25, -0.2) is 0 Å². The van der Waals surface area contributed by atoms with E-state index in [-0.39, 0.29) is 12.1 Å². The molecule has 0 bridgehead atoms. The Morgan fingerprint density at radius 1 is 1.21 bits per heavy atom. The van der Waals surface area contributed by atoms with Gasteiger partial charge in [0.15, 0.2) is 0 Å². The predicted molar refractivity (Wildman–Crippen MR) is 124 cm³/mol. The molecule has 154 valence electrons. The van der Waals surface area contributed by atoms with Crippen molar-refractivity contribution in [2.24, 2.45) is 0 Å². The summed E-state index contributed by atoms with van der Waals surface area (Å²) in [7, 11) is 0. The highest BCUT2D eigenvalue weighted by molar-refractivity contribution is 5.61. The van der Waals surface area contributed by atoms with Crippen molar-refractivity contribution in [1.29, 1.82) is 0 Å². The van der Waals surface area contributed by atoms with E-state index in [9.17, 15) is 5.11 Å². The Kier molecular flexibility index (Phi) is 7.16. The summed E-state index contributed by atoms with van der Waals surface area (Å²) >= 11 is 0. The topological polar surface area (TPSA) is 35.5 Å². The number of benzene rings is 2. The highest BCUT2D eigenvalue weighted by Crippen LogP contribution is 2.39. The quantitative estimate of drug-likeness (QED) is 0.414. The first kappa shape index (κ1) is 21.2. The molecule has 3 atom stereocenters. The number of para-hydroxylation sites is 1. The Hall–Kier alpha value is -2.52. The molecule has 0 saturated heterocycles. The molecule has 0 spiro atoms. The maximum Gasteiger partial charge on any atom is 0.124 e. The van der Waals surface area contributed by atoms with Crippen molar-refractivity contribution in [2.45, 2.75) is 64.8 Å². The predicted octanol–water partition coefficient (Wildman–Crippen LogP) is 6.23. The molecule has 1 aliphatic heterocycles. The van der Waals surface area contributed by atoms with Crippen LogP contribution in [0.25, 0.3) is 0 Å². The summed E-state index contributed by atoms with van der Waals surface area (Å²) in [6.07, 6.45) is 7.83. The minimum absolute atomic E-state index is 0.239. The number of nitrogens with one attached hydrogen (secondary N) is 1. The summed E-state index contributed by atoms with van der Waals surface area (Å²) in [6, 6.07) is 17.7. The van der Waals surface area contributed by atoms with Crippen molar-refractivity contribution >= 4 is 11.4 Å². The summed E-state index contributed by atoms with van der Waals surface area (Å²) in [4.78, 5) is 2.11. The third-order valence-corrected chi connectivity index (χ3v) is 5.69. The van der Waals surface area contributed by atoms with Crippen molar-refractivity contribution in [2.75, 3.05) is 10.2 Å². The molecule has 3 rings (SSSR count). The van der Waals surface area contributed by atoms with Gasteiger partial charge in [0.2, 0.25) is 0 Å². The fourth-order valence-corrected chi connectivity index (χ4v) is 4.30. The number of aliphatic hydroxyl groups is 1. The number of anilines is 2. The van der Waals surface area contributed by atoms with Crippen LogP contribution in [0.2, 0.25) is 0 Å². The van der Waals surface area contributed by atoms with Gasteiger partial charge in [0.25, 0.3) is 0 Å². The van der Waals surface area contributed by atoms with E-state index < -0.39 is 6.23 Å². The molecule has 0 aliphatic carbocycles. The summed E-state index contributed by atoms with van der Waals surface area (Å²) < 4.78 is 0. The van der Waals surface area contributed by atoms with Crippen LogP contribution in [-0.4, -0.2) is 17.4 Å². The van der Waals surface area contributed by atoms with E-state index in [1.54, 1.807) is 0 Å². The van der Waals surface area contributed by atoms with E-state index in [1.165, 1.54) is 16.7 Å². The third kappa shape index (κ3) is 5.30. The number of aliphatic hydroxyl groups excluding tert-OH is 1. The molecule has 0 fully saturated rings. The van der Waals surface area contributed by atoms with E-state index in [0.717, 1.165) is 37.1 Å². The van der Waals surface area contributed by atoms with Crippen LogP contribution >= 0.6 is 0 Å². The van der Waals surface area contributed by atoms with Gasteiger partial charge in [0, 0.05) is 17.4 Å². The Morgan fingerprint density at radius 3 is 2.62 bits per heavy atom. The zero-order chi connectivity index (χ0) is 20.8. The average molecular weight is 391 g/mol. The SMILES string of the molecule is C=CCC/C=C(\C)Cc1ccc(NC2CC(C)N(C(C)O)c3ccccc32)cc1. The molecule has 1 heterocycles. The summed E-state index contributed by atoms with van der Waals surface area (Å²) in [6.45, 7) is 10.0. The second-order valence-corrected chi connectivity index (χ2v) is 8.17.